The number of carboxylic acids is 1. The van der Waals surface area contributed by atoms with Crippen molar-refractivity contribution in [3.05, 3.63) is 11.1 Å². The number of rotatable bonds is 8. The predicted octanol–water partition coefficient (Wildman–Crippen LogP) is -4.68. The molecule has 3 atom stereocenters. The average molecular weight is 540 g/mol. The third-order valence-electron chi connectivity index (χ3n) is 5.34. The van der Waals surface area contributed by atoms with Crippen molar-refractivity contribution in [2.75, 3.05) is 50.9 Å². The predicted molar refractivity (Wildman–Crippen MR) is 120 cm³/mol. The van der Waals surface area contributed by atoms with E-state index in [0.717, 1.165) is 11.3 Å². The number of carbonyl (C=O) groups excluding carboxylic acids is 3. The fourth-order valence-corrected chi connectivity index (χ4v) is 7.20. The first-order valence-corrected chi connectivity index (χ1v) is 12.8. The number of hydrogen-bond donors (Lipinski definition) is 2. The van der Waals surface area contributed by atoms with Crippen LogP contribution in [-0.4, -0.2) is 94.7 Å². The van der Waals surface area contributed by atoms with Crippen LogP contribution < -0.4 is 45.7 Å². The normalized spacial score (nSPS) is 27.3. The van der Waals surface area contributed by atoms with E-state index >= 15 is 0 Å². The van der Waals surface area contributed by atoms with Crippen molar-refractivity contribution in [1.82, 2.24) is 15.2 Å². The molecule has 16 heteroatoms. The zero-order valence-electron chi connectivity index (χ0n) is 18.6. The number of fused-ring (bicyclic) bond motifs is 1. The smallest absolute Gasteiger partial charge is 0.549 e. The zero-order valence-corrected chi connectivity index (χ0v) is 23.0. The van der Waals surface area contributed by atoms with Gasteiger partial charge in [0.25, 0.3) is 5.91 Å². The fraction of sp³-hybridized carbons (Fsp3) is 0.611. The Balaban J connectivity index is 0.00000324. The first-order valence-electron chi connectivity index (χ1n) is 9.91. The summed E-state index contributed by atoms with van der Waals surface area (Å²) in [6.07, 6.45) is 0. The van der Waals surface area contributed by atoms with E-state index < -0.39 is 22.7 Å². The molecule has 3 aliphatic rings. The van der Waals surface area contributed by atoms with Crippen LogP contribution in [0.15, 0.2) is 10.5 Å². The number of amides is 2. The molecule has 180 valence electrons. The number of aromatic nitrogens is 1. The zero-order chi connectivity index (χ0) is 23.6. The molecule has 3 aliphatic heterocycles. The molecule has 4 rings (SSSR count). The molecule has 1 aromatic rings. The van der Waals surface area contributed by atoms with Crippen LogP contribution >= 0.6 is 34.9 Å². The molecule has 0 saturated carbocycles. The second-order valence-corrected chi connectivity index (χ2v) is 11.0. The van der Waals surface area contributed by atoms with Gasteiger partial charge in [-0.2, -0.15) is 0 Å². The quantitative estimate of drug-likeness (QED) is 0.141. The molecule has 34 heavy (non-hydrogen) atoms. The maximum absolute atomic E-state index is 12.8. The molecule has 0 bridgehead atoms. The number of carbonyl (C=O) groups is 3. The molecule has 0 radical (unpaired) electrons. The number of carboxylic acid groups (broad SMARTS) is 1. The molecule has 3 fully saturated rings. The van der Waals surface area contributed by atoms with Crippen LogP contribution in [0.3, 0.4) is 0 Å². The van der Waals surface area contributed by atoms with Gasteiger partial charge >= 0.3 is 29.6 Å². The third-order valence-corrected chi connectivity index (χ3v) is 9.36. The monoisotopic (exact) mass is 539 g/mol. The largest absolute Gasteiger partial charge is 1.00 e. The van der Waals surface area contributed by atoms with Gasteiger partial charge in [0.05, 0.1) is 23.9 Å². The number of nitrogens with two attached hydrogens (primary N) is 1. The SMILES string of the molecule is CON=C(C(=O)NC1C(=O)N2CC(SCC3COCOC3)(C(=O)[O-])CS[C@H]12)c1csc(N)n1.[Na+]. The number of nitrogen functional groups attached to an aromatic ring is 1. The van der Waals surface area contributed by atoms with Crippen molar-refractivity contribution in [1.29, 1.82) is 0 Å². The Morgan fingerprint density at radius 2 is 2.21 bits per heavy atom. The van der Waals surface area contributed by atoms with E-state index in [2.05, 4.69) is 15.5 Å². The molecule has 1 aromatic heterocycles. The number of hydrogen-bond acceptors (Lipinski definition) is 13. The van der Waals surface area contributed by atoms with Crippen molar-refractivity contribution in [2.24, 2.45) is 11.1 Å². The van der Waals surface area contributed by atoms with E-state index in [9.17, 15) is 19.5 Å². The Bertz CT molecular complexity index is 960. The number of aliphatic carboxylic acids is 1. The summed E-state index contributed by atoms with van der Waals surface area (Å²) in [6.45, 7) is 1.24. The first kappa shape index (κ1) is 27.5. The van der Waals surface area contributed by atoms with E-state index in [0.29, 0.717) is 19.0 Å². The van der Waals surface area contributed by atoms with Crippen LogP contribution in [0.2, 0.25) is 0 Å². The average Bonchev–Trinajstić information content (AvgIpc) is 3.25. The topological polar surface area (TPSA) is 168 Å². The summed E-state index contributed by atoms with van der Waals surface area (Å²) in [7, 11) is 1.29. The van der Waals surface area contributed by atoms with Gasteiger partial charge in [0.15, 0.2) is 10.8 Å². The number of thiazole rings is 1. The summed E-state index contributed by atoms with van der Waals surface area (Å²) in [5.74, 6) is -1.41. The number of thioether (sulfide) groups is 2. The van der Waals surface area contributed by atoms with Gasteiger partial charge in [0, 0.05) is 29.3 Å². The van der Waals surface area contributed by atoms with Crippen molar-refractivity contribution in [3.8, 4) is 0 Å². The van der Waals surface area contributed by atoms with Crippen LogP contribution in [0.1, 0.15) is 5.69 Å². The molecule has 3 N–H and O–H groups in total. The van der Waals surface area contributed by atoms with Gasteiger partial charge in [0.2, 0.25) is 5.91 Å². The number of anilines is 1. The van der Waals surface area contributed by atoms with Crippen LogP contribution in [0.5, 0.6) is 0 Å². The number of β-lactam (4-membered cyclic amide) rings is 1. The van der Waals surface area contributed by atoms with Crippen LogP contribution in [0, 0.1) is 5.92 Å². The van der Waals surface area contributed by atoms with Gasteiger partial charge < -0.3 is 40.2 Å². The Labute approximate surface area is 230 Å². The molecule has 2 unspecified atom stereocenters. The van der Waals surface area contributed by atoms with Crippen LogP contribution in [0.25, 0.3) is 0 Å². The summed E-state index contributed by atoms with van der Waals surface area (Å²) in [5.41, 5.74) is 5.76. The summed E-state index contributed by atoms with van der Waals surface area (Å²) in [4.78, 5) is 47.9. The van der Waals surface area contributed by atoms with E-state index in [1.54, 1.807) is 5.38 Å². The van der Waals surface area contributed by atoms with Gasteiger partial charge in [-0.25, -0.2) is 4.98 Å². The Morgan fingerprint density at radius 3 is 2.82 bits per heavy atom. The van der Waals surface area contributed by atoms with E-state index in [1.807, 2.05) is 0 Å². The third kappa shape index (κ3) is 5.67. The number of ether oxygens (including phenoxy) is 2. The molecular weight excluding hydrogens is 517 g/mol. The van der Waals surface area contributed by atoms with Gasteiger partial charge in [0.1, 0.15) is 31.0 Å². The summed E-state index contributed by atoms with van der Waals surface area (Å²) >= 11 is 3.69. The van der Waals surface area contributed by atoms with Gasteiger partial charge in [-0.3, -0.25) is 9.59 Å². The first-order chi connectivity index (χ1) is 15.8. The standard InChI is InChI=1S/C18H23N5O7S3.Na/c1-28-22-11(10-5-31-17(19)20-10)13(24)21-12-14(25)23-6-18(16(26)27,7-32-15(12)23)33-4-9-2-29-8-30-3-9;/h5,9,12,15H,2-4,6-8H2,1H3,(H2,19,20)(H,21,24)(H,26,27);/q;+1/p-1/t12?,15-,18?;/m1./s1. The second kappa shape index (κ2) is 11.8. The van der Waals surface area contributed by atoms with Crippen molar-refractivity contribution < 1.29 is 63.4 Å². The Kier molecular flexibility index (Phi) is 9.53. The minimum absolute atomic E-state index is 0. The fourth-order valence-electron chi connectivity index (χ4n) is 3.63. The van der Waals surface area contributed by atoms with E-state index in [1.165, 1.54) is 35.5 Å². The summed E-state index contributed by atoms with van der Waals surface area (Å²) in [5, 5.41) is 19.9. The molecule has 2 amide bonds. The van der Waals surface area contributed by atoms with E-state index in [4.69, 9.17) is 20.0 Å². The Morgan fingerprint density at radius 1 is 1.47 bits per heavy atom. The van der Waals surface area contributed by atoms with Crippen molar-refractivity contribution >= 4 is 63.5 Å². The number of nitrogens with zero attached hydrogens (tertiary/aromatic N) is 3. The molecule has 4 heterocycles. The van der Waals surface area contributed by atoms with E-state index in [-0.39, 0.29) is 82.4 Å². The van der Waals surface area contributed by atoms with Crippen molar-refractivity contribution in [3.63, 3.8) is 0 Å². The maximum Gasteiger partial charge on any atom is 1.00 e. The maximum atomic E-state index is 12.8. The van der Waals surface area contributed by atoms with Gasteiger partial charge in [-0.05, 0) is 0 Å². The molecule has 3 saturated heterocycles. The van der Waals surface area contributed by atoms with Gasteiger partial charge in [-0.1, -0.05) is 5.16 Å². The Hall–Kier alpha value is -1.07. The van der Waals surface area contributed by atoms with Crippen LogP contribution in [-0.2, 0) is 28.7 Å². The molecule has 0 spiro atoms. The molecule has 0 aliphatic carbocycles. The minimum atomic E-state index is -1.25. The number of oxime groups is 1. The van der Waals surface area contributed by atoms with Crippen molar-refractivity contribution in [2.45, 2.75) is 16.2 Å². The second-order valence-electron chi connectivity index (χ2n) is 7.63. The van der Waals surface area contributed by atoms with Gasteiger partial charge in [-0.15, -0.1) is 34.9 Å². The minimum Gasteiger partial charge on any atom is -0.549 e. The molecular formula is C18H22N5NaO7S3. The molecule has 0 aromatic carbocycles. The summed E-state index contributed by atoms with van der Waals surface area (Å²) in [6, 6.07) is -0.814. The number of nitrogens with one attached hydrogen (secondary N) is 1. The summed E-state index contributed by atoms with van der Waals surface area (Å²) < 4.78 is 9.28. The molecule has 12 nitrogen and oxygen atoms in total. The van der Waals surface area contributed by atoms with Crippen LogP contribution in [0.4, 0.5) is 5.13 Å².